The molecule has 0 radical (unpaired) electrons. The molecule has 1 aromatic carbocycles. The van der Waals surface area contributed by atoms with Crippen LogP contribution in [0, 0.1) is 6.92 Å². The van der Waals surface area contributed by atoms with E-state index in [0.717, 1.165) is 41.4 Å². The van der Waals surface area contributed by atoms with Crippen molar-refractivity contribution in [1.29, 1.82) is 0 Å². The van der Waals surface area contributed by atoms with Crippen LogP contribution in [0.3, 0.4) is 0 Å². The lowest BCUT2D eigenvalue weighted by atomic mass is 10.0. The van der Waals surface area contributed by atoms with Crippen LogP contribution < -0.4 is 10.1 Å². The Balaban J connectivity index is 2.26. The van der Waals surface area contributed by atoms with Crippen LogP contribution in [0.4, 0.5) is 0 Å². The lowest BCUT2D eigenvalue weighted by Gasteiger charge is -2.19. The topological polar surface area (TPSA) is 34.1 Å². The van der Waals surface area contributed by atoms with Gasteiger partial charge in [-0.05, 0) is 50.1 Å². The number of nitrogens with zero attached hydrogens (tertiary/aromatic N) is 1. The smallest absolute Gasteiger partial charge is 0.122 e. The molecule has 1 N–H and O–H groups in total. The maximum atomic E-state index is 6.13. The lowest BCUT2D eigenvalue weighted by Crippen LogP contribution is -2.24. The fourth-order valence-electron chi connectivity index (χ4n) is 2.35. The summed E-state index contributed by atoms with van der Waals surface area (Å²) in [5.74, 6) is 0.880. The molecule has 0 saturated carbocycles. The molecule has 0 aliphatic carbocycles. The van der Waals surface area contributed by atoms with Gasteiger partial charge in [0.25, 0.3) is 0 Å². The molecule has 0 bridgehead atoms. The lowest BCUT2D eigenvalue weighted by molar-refractivity contribution is 0.405. The molecule has 0 aliphatic rings. The molecule has 0 amide bonds. The number of ether oxygens (including phenoxy) is 1. The largest absolute Gasteiger partial charge is 0.496 e. The average molecular weight is 325 g/mol. The Morgan fingerprint density at radius 2 is 2.24 bits per heavy atom. The summed E-state index contributed by atoms with van der Waals surface area (Å²) in [6.45, 7) is 5.20. The third-order valence-electron chi connectivity index (χ3n) is 3.41. The Kier molecular flexibility index (Phi) is 6.03. The second-order valence-corrected chi connectivity index (χ2v) is 6.29. The van der Waals surface area contributed by atoms with Gasteiger partial charge in [0.15, 0.2) is 0 Å². The summed E-state index contributed by atoms with van der Waals surface area (Å²) in [6.07, 6.45) is 1.94. The minimum Gasteiger partial charge on any atom is -0.496 e. The Bertz CT molecular complexity index is 585. The van der Waals surface area contributed by atoms with Crippen LogP contribution in [-0.2, 0) is 6.42 Å². The number of aryl methyl sites for hydroxylation is 1. The van der Waals surface area contributed by atoms with Gasteiger partial charge in [-0.1, -0.05) is 18.5 Å². The van der Waals surface area contributed by atoms with E-state index in [1.165, 1.54) is 4.88 Å². The maximum Gasteiger partial charge on any atom is 0.122 e. The molecular formula is C16H21ClN2OS. The van der Waals surface area contributed by atoms with Gasteiger partial charge in [-0.25, -0.2) is 4.98 Å². The van der Waals surface area contributed by atoms with E-state index in [1.807, 2.05) is 23.7 Å². The van der Waals surface area contributed by atoms with Crippen LogP contribution in [0.1, 0.15) is 35.5 Å². The number of aromatic nitrogens is 1. The summed E-state index contributed by atoms with van der Waals surface area (Å²) in [5.41, 5.74) is 4.11. The number of halogens is 1. The van der Waals surface area contributed by atoms with Crippen LogP contribution in [-0.4, -0.2) is 18.6 Å². The number of thiazole rings is 1. The zero-order valence-electron chi connectivity index (χ0n) is 12.6. The van der Waals surface area contributed by atoms with Gasteiger partial charge >= 0.3 is 0 Å². The van der Waals surface area contributed by atoms with Crippen molar-refractivity contribution < 1.29 is 4.74 Å². The summed E-state index contributed by atoms with van der Waals surface area (Å²) in [4.78, 5) is 5.65. The molecule has 0 fully saturated rings. The number of nitrogens with one attached hydrogen (secondary N) is 1. The molecule has 2 rings (SSSR count). The fourth-order valence-corrected chi connectivity index (χ4v) is 3.42. The molecular weight excluding hydrogens is 304 g/mol. The third kappa shape index (κ3) is 4.19. The average Bonchev–Trinajstić information content (AvgIpc) is 2.90. The first kappa shape index (κ1) is 16.3. The van der Waals surface area contributed by atoms with Crippen LogP contribution in [0.5, 0.6) is 5.75 Å². The minimum atomic E-state index is 0.241. The first-order chi connectivity index (χ1) is 10.2. The summed E-state index contributed by atoms with van der Waals surface area (Å²) in [7, 11) is 1.69. The van der Waals surface area contributed by atoms with Gasteiger partial charge in [0.2, 0.25) is 0 Å². The number of hydrogen-bond donors (Lipinski definition) is 1. The van der Waals surface area contributed by atoms with Crippen molar-refractivity contribution in [3.8, 4) is 5.75 Å². The molecule has 114 valence electrons. The molecule has 2 aromatic rings. The van der Waals surface area contributed by atoms with E-state index in [2.05, 4.69) is 24.1 Å². The SMILES string of the molecule is CCCNC(Cc1cc(Cl)ccc1OC)c1scnc1C. The van der Waals surface area contributed by atoms with E-state index in [-0.39, 0.29) is 6.04 Å². The van der Waals surface area contributed by atoms with E-state index in [9.17, 15) is 0 Å². The molecule has 21 heavy (non-hydrogen) atoms. The van der Waals surface area contributed by atoms with Gasteiger partial charge in [-0.2, -0.15) is 0 Å². The minimum absolute atomic E-state index is 0.241. The molecule has 0 aliphatic heterocycles. The first-order valence-corrected chi connectivity index (χ1v) is 8.37. The van der Waals surface area contributed by atoms with Gasteiger partial charge < -0.3 is 10.1 Å². The predicted octanol–water partition coefficient (Wildman–Crippen LogP) is 4.40. The van der Waals surface area contributed by atoms with E-state index in [1.54, 1.807) is 18.4 Å². The van der Waals surface area contributed by atoms with Crippen LogP contribution in [0.15, 0.2) is 23.7 Å². The summed E-state index contributed by atoms with van der Waals surface area (Å²) >= 11 is 7.83. The van der Waals surface area contributed by atoms with E-state index >= 15 is 0 Å². The monoisotopic (exact) mass is 324 g/mol. The van der Waals surface area contributed by atoms with Crippen molar-refractivity contribution in [2.45, 2.75) is 32.7 Å². The first-order valence-electron chi connectivity index (χ1n) is 7.11. The van der Waals surface area contributed by atoms with Crippen molar-refractivity contribution in [2.75, 3.05) is 13.7 Å². The third-order valence-corrected chi connectivity index (χ3v) is 4.69. The van der Waals surface area contributed by atoms with Gasteiger partial charge in [-0.15, -0.1) is 11.3 Å². The van der Waals surface area contributed by atoms with E-state index in [4.69, 9.17) is 16.3 Å². The highest BCUT2D eigenvalue weighted by molar-refractivity contribution is 7.09. The highest BCUT2D eigenvalue weighted by Gasteiger charge is 2.18. The molecule has 1 unspecified atom stereocenters. The molecule has 3 nitrogen and oxygen atoms in total. The molecule has 1 aromatic heterocycles. The summed E-state index contributed by atoms with van der Waals surface area (Å²) < 4.78 is 5.45. The number of benzene rings is 1. The van der Waals surface area contributed by atoms with Crippen LogP contribution in [0.2, 0.25) is 5.02 Å². The Hall–Kier alpha value is -1.10. The summed E-state index contributed by atoms with van der Waals surface area (Å²) in [5, 5.41) is 4.34. The van der Waals surface area contributed by atoms with Gasteiger partial charge in [0, 0.05) is 15.9 Å². The highest BCUT2D eigenvalue weighted by Crippen LogP contribution is 2.30. The fraction of sp³-hybridized carbons (Fsp3) is 0.438. The van der Waals surface area contributed by atoms with Crippen molar-refractivity contribution in [3.05, 3.63) is 44.9 Å². The van der Waals surface area contributed by atoms with Gasteiger partial charge in [0.05, 0.1) is 18.3 Å². The Morgan fingerprint density at radius 3 is 2.86 bits per heavy atom. The van der Waals surface area contributed by atoms with Crippen LogP contribution in [0.25, 0.3) is 0 Å². The zero-order valence-corrected chi connectivity index (χ0v) is 14.2. The Labute approximate surface area is 135 Å². The second-order valence-electron chi connectivity index (χ2n) is 4.97. The molecule has 0 spiro atoms. The molecule has 1 heterocycles. The van der Waals surface area contributed by atoms with E-state index < -0.39 is 0 Å². The molecule has 1 atom stereocenters. The zero-order chi connectivity index (χ0) is 15.2. The summed E-state index contributed by atoms with van der Waals surface area (Å²) in [6, 6.07) is 6.01. The van der Waals surface area contributed by atoms with Gasteiger partial charge in [0.1, 0.15) is 5.75 Å². The normalized spacial score (nSPS) is 12.4. The number of hydrogen-bond acceptors (Lipinski definition) is 4. The Morgan fingerprint density at radius 1 is 1.43 bits per heavy atom. The van der Waals surface area contributed by atoms with Crippen molar-refractivity contribution >= 4 is 22.9 Å². The van der Waals surface area contributed by atoms with Crippen molar-refractivity contribution in [3.63, 3.8) is 0 Å². The predicted molar refractivity (Wildman–Crippen MR) is 89.6 cm³/mol. The highest BCUT2D eigenvalue weighted by atomic mass is 35.5. The molecule has 5 heteroatoms. The quantitative estimate of drug-likeness (QED) is 0.819. The standard InChI is InChI=1S/C16H21ClN2OS/c1-4-7-18-14(16-11(2)19-10-21-16)9-12-8-13(17)5-6-15(12)20-3/h5-6,8,10,14,18H,4,7,9H2,1-3H3. The van der Waals surface area contributed by atoms with Gasteiger partial charge in [-0.3, -0.25) is 0 Å². The number of methoxy groups -OCH3 is 1. The van der Waals surface area contributed by atoms with Crippen molar-refractivity contribution in [1.82, 2.24) is 10.3 Å². The van der Waals surface area contributed by atoms with Crippen LogP contribution >= 0.6 is 22.9 Å². The van der Waals surface area contributed by atoms with E-state index in [0.29, 0.717) is 0 Å². The second kappa shape index (κ2) is 7.78. The van der Waals surface area contributed by atoms with Crippen molar-refractivity contribution in [2.24, 2.45) is 0 Å². The maximum absolute atomic E-state index is 6.13. The number of rotatable bonds is 7. The molecule has 0 saturated heterocycles.